The van der Waals surface area contributed by atoms with E-state index >= 15 is 0 Å². The van der Waals surface area contributed by atoms with Crippen LogP contribution in [0.4, 0.5) is 10.5 Å². The van der Waals surface area contributed by atoms with Crippen molar-refractivity contribution < 1.29 is 9.59 Å². The summed E-state index contributed by atoms with van der Waals surface area (Å²) in [7, 11) is 1.82. The molecule has 1 aliphatic heterocycles. The van der Waals surface area contributed by atoms with Gasteiger partial charge >= 0.3 is 6.03 Å². The van der Waals surface area contributed by atoms with Gasteiger partial charge < -0.3 is 15.1 Å². The number of hydrogen-bond acceptors (Lipinski definition) is 4. The highest BCUT2D eigenvalue weighted by Crippen LogP contribution is 2.26. The van der Waals surface area contributed by atoms with Crippen molar-refractivity contribution in [3.05, 3.63) is 24.5 Å². The topological polar surface area (TPSA) is 70.5 Å². The monoisotopic (exact) mass is 343 g/mol. The van der Waals surface area contributed by atoms with Gasteiger partial charge in [-0.05, 0) is 24.5 Å². The number of carbonyl (C=O) groups is 2. The number of nitrogens with one attached hydrogen (secondary N) is 1. The number of anilines is 1. The molecule has 25 heavy (non-hydrogen) atoms. The Morgan fingerprint density at radius 1 is 1.32 bits per heavy atom. The number of para-hydroxylation sites is 1. The molecule has 2 amide bonds. The van der Waals surface area contributed by atoms with Crippen LogP contribution in [0.15, 0.2) is 24.5 Å². The second kappa shape index (κ2) is 7.13. The number of rotatable bonds is 4. The lowest BCUT2D eigenvalue weighted by Crippen LogP contribution is -2.48. The van der Waals surface area contributed by atoms with E-state index in [0.717, 1.165) is 29.7 Å². The highest BCUT2D eigenvalue weighted by atomic mass is 16.2. The van der Waals surface area contributed by atoms with Gasteiger partial charge in [0.15, 0.2) is 0 Å². The van der Waals surface area contributed by atoms with Crippen molar-refractivity contribution in [3.63, 3.8) is 0 Å². The number of benzene rings is 1. The zero-order valence-electron chi connectivity index (χ0n) is 15.0. The number of amides is 2. The summed E-state index contributed by atoms with van der Waals surface area (Å²) in [5.41, 5.74) is 2.40. The maximum absolute atomic E-state index is 12.4. The lowest BCUT2D eigenvalue weighted by Gasteiger charge is -2.33. The van der Waals surface area contributed by atoms with E-state index in [4.69, 9.17) is 0 Å². The van der Waals surface area contributed by atoms with Gasteiger partial charge in [0.1, 0.15) is 11.8 Å². The van der Waals surface area contributed by atoms with Crippen LogP contribution in [0.3, 0.4) is 0 Å². The molecule has 0 bridgehead atoms. The second-order valence-electron chi connectivity index (χ2n) is 6.91. The molecule has 3 rings (SSSR count). The van der Waals surface area contributed by atoms with Crippen LogP contribution in [0, 0.1) is 5.92 Å². The van der Waals surface area contributed by atoms with Gasteiger partial charge in [-0.2, -0.15) is 0 Å². The molecule has 1 N–H and O–H groups in total. The summed E-state index contributed by atoms with van der Waals surface area (Å²) in [4.78, 5) is 32.6. The van der Waals surface area contributed by atoms with E-state index in [2.05, 4.69) is 24.1 Å². The van der Waals surface area contributed by atoms with Crippen LogP contribution in [0.2, 0.25) is 0 Å². The van der Waals surface area contributed by atoms with Crippen LogP contribution in [-0.2, 0) is 4.79 Å². The lowest BCUT2D eigenvalue weighted by molar-refractivity contribution is -0.129. The Kier molecular flexibility index (Phi) is 4.92. The lowest BCUT2D eigenvalue weighted by atomic mass is 10.1. The van der Waals surface area contributed by atoms with Crippen LogP contribution < -0.4 is 10.2 Å². The van der Waals surface area contributed by atoms with E-state index in [0.29, 0.717) is 25.6 Å². The smallest absolute Gasteiger partial charge is 0.327 e. The zero-order valence-corrected chi connectivity index (χ0v) is 15.0. The van der Waals surface area contributed by atoms with E-state index in [9.17, 15) is 9.59 Å². The molecule has 0 atom stereocenters. The normalized spacial score (nSPS) is 15.3. The molecular weight excluding hydrogens is 318 g/mol. The van der Waals surface area contributed by atoms with Crippen LogP contribution in [0.25, 0.3) is 11.0 Å². The van der Waals surface area contributed by atoms with Crippen LogP contribution in [0.1, 0.15) is 20.3 Å². The molecule has 2 heterocycles. The molecule has 0 spiro atoms. The largest absolute Gasteiger partial charge is 0.359 e. The Morgan fingerprint density at radius 3 is 2.84 bits per heavy atom. The first-order chi connectivity index (χ1) is 12.0. The number of nitrogens with zero attached hydrogens (tertiary/aromatic N) is 4. The summed E-state index contributed by atoms with van der Waals surface area (Å²) in [6.07, 6.45) is 2.49. The molecule has 0 radical (unpaired) electrons. The Labute approximate surface area is 147 Å². The van der Waals surface area contributed by atoms with Crippen LogP contribution >= 0.6 is 0 Å². The SMILES string of the molecule is CC(C)CCNC(=O)n1cnc2c(N3CCN(C)C(=O)C3)cccc21. The number of imidazole rings is 1. The summed E-state index contributed by atoms with van der Waals surface area (Å²) >= 11 is 0. The Bertz CT molecular complexity index is 783. The molecule has 1 aromatic heterocycles. The Hall–Kier alpha value is -2.57. The van der Waals surface area contributed by atoms with Crippen molar-refractivity contribution in [1.29, 1.82) is 0 Å². The first-order valence-corrected chi connectivity index (χ1v) is 8.70. The fourth-order valence-corrected chi connectivity index (χ4v) is 2.96. The minimum Gasteiger partial charge on any atom is -0.359 e. The average Bonchev–Trinajstić information content (AvgIpc) is 3.01. The van der Waals surface area contributed by atoms with E-state index in [1.165, 1.54) is 4.57 Å². The molecule has 0 unspecified atom stereocenters. The van der Waals surface area contributed by atoms with Gasteiger partial charge in [-0.3, -0.25) is 9.36 Å². The van der Waals surface area contributed by atoms with Gasteiger partial charge in [-0.15, -0.1) is 0 Å². The highest BCUT2D eigenvalue weighted by Gasteiger charge is 2.23. The highest BCUT2D eigenvalue weighted by molar-refractivity contribution is 5.96. The zero-order chi connectivity index (χ0) is 18.0. The van der Waals surface area contributed by atoms with Crippen molar-refractivity contribution >= 4 is 28.7 Å². The number of fused-ring (bicyclic) bond motifs is 1. The number of aromatic nitrogens is 2. The van der Waals surface area contributed by atoms with Crippen molar-refractivity contribution in [3.8, 4) is 0 Å². The molecule has 0 aliphatic carbocycles. The summed E-state index contributed by atoms with van der Waals surface area (Å²) in [6, 6.07) is 5.57. The van der Waals surface area contributed by atoms with Gasteiger partial charge in [-0.1, -0.05) is 19.9 Å². The predicted molar refractivity (Wildman–Crippen MR) is 97.8 cm³/mol. The van der Waals surface area contributed by atoms with Crippen LogP contribution in [-0.4, -0.2) is 59.6 Å². The predicted octanol–water partition coefficient (Wildman–Crippen LogP) is 1.92. The first kappa shape index (κ1) is 17.3. The Morgan fingerprint density at radius 2 is 2.12 bits per heavy atom. The molecule has 1 aliphatic rings. The first-order valence-electron chi connectivity index (χ1n) is 8.70. The van der Waals surface area contributed by atoms with Gasteiger partial charge in [0, 0.05) is 26.7 Å². The number of carbonyl (C=O) groups excluding carboxylic acids is 2. The van der Waals surface area contributed by atoms with E-state index in [1.54, 1.807) is 11.2 Å². The van der Waals surface area contributed by atoms with E-state index in [-0.39, 0.29) is 11.9 Å². The maximum atomic E-state index is 12.4. The van der Waals surface area contributed by atoms with Gasteiger partial charge in [0.25, 0.3) is 0 Å². The summed E-state index contributed by atoms with van der Waals surface area (Å²) in [5.74, 6) is 0.635. The van der Waals surface area contributed by atoms with Crippen molar-refractivity contribution in [1.82, 2.24) is 19.8 Å². The van der Waals surface area contributed by atoms with Gasteiger partial charge in [0.05, 0.1) is 17.7 Å². The third-order valence-electron chi connectivity index (χ3n) is 4.57. The molecule has 2 aromatic rings. The number of piperazine rings is 1. The number of likely N-dealkylation sites (N-methyl/N-ethyl adjacent to an activating group) is 1. The fraction of sp³-hybridized carbons (Fsp3) is 0.500. The number of hydrogen-bond donors (Lipinski definition) is 1. The van der Waals surface area contributed by atoms with E-state index in [1.807, 2.05) is 30.1 Å². The average molecular weight is 343 g/mol. The minimum atomic E-state index is -0.172. The Balaban J connectivity index is 1.83. The standard InChI is InChI=1S/C18H25N5O2/c1-13(2)7-8-19-18(25)23-12-20-17-14(5-4-6-15(17)23)22-10-9-21(3)16(24)11-22/h4-6,12-13H,7-11H2,1-3H3,(H,19,25). The molecule has 1 aromatic carbocycles. The summed E-state index contributed by atoms with van der Waals surface area (Å²) in [6.45, 7) is 6.68. The maximum Gasteiger partial charge on any atom is 0.327 e. The van der Waals surface area contributed by atoms with Crippen molar-refractivity contribution in [2.75, 3.05) is 38.1 Å². The molecular formula is C18H25N5O2. The third-order valence-corrected chi connectivity index (χ3v) is 4.57. The second-order valence-corrected chi connectivity index (χ2v) is 6.91. The third kappa shape index (κ3) is 3.60. The molecule has 134 valence electrons. The van der Waals surface area contributed by atoms with Crippen molar-refractivity contribution in [2.45, 2.75) is 20.3 Å². The van der Waals surface area contributed by atoms with Gasteiger partial charge in [-0.25, -0.2) is 9.78 Å². The quantitative estimate of drug-likeness (QED) is 0.921. The molecule has 1 fully saturated rings. The molecule has 0 saturated carbocycles. The minimum absolute atomic E-state index is 0.0918. The summed E-state index contributed by atoms with van der Waals surface area (Å²) in [5, 5.41) is 2.93. The fourth-order valence-electron chi connectivity index (χ4n) is 2.96. The van der Waals surface area contributed by atoms with Crippen molar-refractivity contribution in [2.24, 2.45) is 5.92 Å². The van der Waals surface area contributed by atoms with Gasteiger partial charge in [0.2, 0.25) is 5.91 Å². The molecule has 7 nitrogen and oxygen atoms in total. The molecule has 7 heteroatoms. The van der Waals surface area contributed by atoms with Crippen LogP contribution in [0.5, 0.6) is 0 Å². The molecule has 1 saturated heterocycles. The summed E-state index contributed by atoms with van der Waals surface area (Å²) < 4.78 is 1.54. The van der Waals surface area contributed by atoms with E-state index < -0.39 is 0 Å².